The lowest BCUT2D eigenvalue weighted by molar-refractivity contribution is -0.113. The smallest absolute Gasteiger partial charge is 0.236 e. The van der Waals surface area contributed by atoms with Crippen LogP contribution >= 0.6 is 34.7 Å². The van der Waals surface area contributed by atoms with Crippen molar-refractivity contribution in [2.24, 2.45) is 7.05 Å². The first-order valence-corrected chi connectivity index (χ1v) is 12.4. The summed E-state index contributed by atoms with van der Waals surface area (Å²) in [6, 6.07) is 15.3. The molecule has 0 radical (unpaired) electrons. The van der Waals surface area contributed by atoms with Crippen LogP contribution in [0.15, 0.2) is 59.1 Å². The molecule has 10 heteroatoms. The molecular weight excluding hydrogens is 478 g/mol. The molecule has 0 aliphatic carbocycles. The lowest BCUT2D eigenvalue weighted by Gasteiger charge is -2.14. The third kappa shape index (κ3) is 5.93. The average molecular weight is 500 g/mol. The van der Waals surface area contributed by atoms with Crippen molar-refractivity contribution >= 4 is 45.7 Å². The van der Waals surface area contributed by atoms with E-state index in [1.807, 2.05) is 79.4 Å². The Hall–Kier alpha value is -2.88. The molecule has 4 rings (SSSR count). The highest BCUT2D eigenvalue weighted by molar-refractivity contribution is 7.99. The van der Waals surface area contributed by atoms with Crippen LogP contribution in [0.2, 0.25) is 5.02 Å². The lowest BCUT2D eigenvalue weighted by Crippen LogP contribution is -2.14. The number of hydrogen-bond acceptors (Lipinski definition) is 7. The molecule has 2 heterocycles. The molecule has 4 aromatic rings. The van der Waals surface area contributed by atoms with Gasteiger partial charge in [0.25, 0.3) is 0 Å². The average Bonchev–Trinajstić information content (AvgIpc) is 3.41. The van der Waals surface area contributed by atoms with Crippen LogP contribution in [0.1, 0.15) is 24.4 Å². The van der Waals surface area contributed by atoms with Crippen molar-refractivity contribution in [1.82, 2.24) is 19.7 Å². The number of halogens is 1. The molecule has 0 bridgehead atoms. The maximum Gasteiger partial charge on any atom is 0.236 e. The topological polar surface area (TPSA) is 81.9 Å². The van der Waals surface area contributed by atoms with Gasteiger partial charge in [-0.1, -0.05) is 53.2 Å². The summed E-state index contributed by atoms with van der Waals surface area (Å²) in [5, 5.41) is 15.1. The van der Waals surface area contributed by atoms with E-state index in [0.717, 1.165) is 17.0 Å². The molecular formula is C23H22ClN5O2S2. The number of hydrogen-bond donors (Lipinski definition) is 1. The standard InChI is InChI=1S/C23H22ClN5O2S2/c1-14-4-10-18(11-5-14)31-15(2)21-27-28-23(29(21)3)33-13-20(30)26-22-25-19(12-32-22)16-6-8-17(24)9-7-16/h4-12,15H,13H2,1-3H3,(H,25,26,30). The van der Waals surface area contributed by atoms with Gasteiger partial charge in [0.2, 0.25) is 5.91 Å². The SMILES string of the molecule is Cc1ccc(OC(C)c2nnc(SCC(=O)Nc3nc(-c4ccc(Cl)cc4)cs3)n2C)cc1. The van der Waals surface area contributed by atoms with E-state index in [4.69, 9.17) is 16.3 Å². The summed E-state index contributed by atoms with van der Waals surface area (Å²) in [7, 11) is 1.86. The first-order valence-electron chi connectivity index (χ1n) is 10.2. The molecule has 0 saturated carbocycles. The molecule has 0 aliphatic heterocycles. The molecule has 1 atom stereocenters. The number of rotatable bonds is 8. The molecule has 7 nitrogen and oxygen atoms in total. The zero-order valence-electron chi connectivity index (χ0n) is 18.3. The van der Waals surface area contributed by atoms with Crippen LogP contribution in [0.4, 0.5) is 5.13 Å². The van der Waals surface area contributed by atoms with Gasteiger partial charge in [0.1, 0.15) is 5.75 Å². The monoisotopic (exact) mass is 499 g/mol. The number of carbonyl (C=O) groups is 1. The van der Waals surface area contributed by atoms with Gasteiger partial charge >= 0.3 is 0 Å². The van der Waals surface area contributed by atoms with E-state index < -0.39 is 0 Å². The van der Waals surface area contributed by atoms with Crippen LogP contribution in [-0.2, 0) is 11.8 Å². The molecule has 0 aliphatic rings. The summed E-state index contributed by atoms with van der Waals surface area (Å²) >= 11 is 8.62. The number of thiazole rings is 1. The Morgan fingerprint density at radius 2 is 1.91 bits per heavy atom. The Labute approximate surface area is 205 Å². The van der Waals surface area contributed by atoms with Crippen LogP contribution in [0, 0.1) is 6.92 Å². The number of amides is 1. The second-order valence-electron chi connectivity index (χ2n) is 7.35. The van der Waals surface area contributed by atoms with E-state index in [1.54, 1.807) is 0 Å². The fourth-order valence-corrected chi connectivity index (χ4v) is 4.63. The van der Waals surface area contributed by atoms with Crippen LogP contribution < -0.4 is 10.1 Å². The van der Waals surface area contributed by atoms with Gasteiger partial charge in [-0.2, -0.15) is 0 Å². The number of ether oxygens (including phenoxy) is 1. The van der Waals surface area contributed by atoms with E-state index in [-0.39, 0.29) is 17.8 Å². The Kier molecular flexibility index (Phi) is 7.32. The summed E-state index contributed by atoms with van der Waals surface area (Å²) < 4.78 is 7.82. The summed E-state index contributed by atoms with van der Waals surface area (Å²) in [6.07, 6.45) is -0.282. The maximum atomic E-state index is 12.4. The van der Waals surface area contributed by atoms with Gasteiger partial charge in [0, 0.05) is 23.0 Å². The van der Waals surface area contributed by atoms with Gasteiger partial charge < -0.3 is 14.6 Å². The number of aryl methyl sites for hydroxylation is 1. The van der Waals surface area contributed by atoms with E-state index >= 15 is 0 Å². The third-order valence-electron chi connectivity index (χ3n) is 4.79. The molecule has 2 aromatic carbocycles. The van der Waals surface area contributed by atoms with Crippen LogP contribution in [0.3, 0.4) is 0 Å². The highest BCUT2D eigenvalue weighted by Crippen LogP contribution is 2.27. The zero-order valence-corrected chi connectivity index (χ0v) is 20.7. The largest absolute Gasteiger partial charge is 0.483 e. The van der Waals surface area contributed by atoms with Gasteiger partial charge in [0.05, 0.1) is 11.4 Å². The molecule has 1 unspecified atom stereocenters. The fourth-order valence-electron chi connectivity index (χ4n) is 3.05. The van der Waals surface area contributed by atoms with Gasteiger partial charge in [-0.3, -0.25) is 4.79 Å². The second kappa shape index (κ2) is 10.4. The quantitative estimate of drug-likeness (QED) is 0.310. The zero-order chi connectivity index (χ0) is 23.4. The normalized spacial score (nSPS) is 11.9. The van der Waals surface area contributed by atoms with Crippen LogP contribution in [-0.4, -0.2) is 31.4 Å². The first kappa shape index (κ1) is 23.3. The molecule has 0 spiro atoms. The van der Waals surface area contributed by atoms with E-state index in [9.17, 15) is 4.79 Å². The van der Waals surface area contributed by atoms with Gasteiger partial charge in [-0.15, -0.1) is 21.5 Å². The molecule has 0 saturated heterocycles. The van der Waals surface area contributed by atoms with Crippen molar-refractivity contribution in [3.63, 3.8) is 0 Å². The second-order valence-corrected chi connectivity index (χ2v) is 9.59. The number of benzene rings is 2. The van der Waals surface area contributed by atoms with Crippen LogP contribution in [0.5, 0.6) is 5.75 Å². The highest BCUT2D eigenvalue weighted by Gasteiger charge is 2.18. The summed E-state index contributed by atoms with van der Waals surface area (Å²) in [5.41, 5.74) is 2.91. The summed E-state index contributed by atoms with van der Waals surface area (Å²) in [5.74, 6) is 1.48. The molecule has 33 heavy (non-hydrogen) atoms. The molecule has 1 N–H and O–H groups in total. The minimum atomic E-state index is -0.282. The fraction of sp³-hybridized carbons (Fsp3) is 0.217. The van der Waals surface area contributed by atoms with Gasteiger partial charge in [-0.25, -0.2) is 4.98 Å². The summed E-state index contributed by atoms with van der Waals surface area (Å²) in [4.78, 5) is 16.9. The first-order chi connectivity index (χ1) is 15.9. The number of carbonyl (C=O) groups excluding carboxylic acids is 1. The molecule has 2 aromatic heterocycles. The van der Waals surface area contributed by atoms with Crippen molar-refractivity contribution in [3.05, 3.63) is 70.3 Å². The minimum Gasteiger partial charge on any atom is -0.483 e. The van der Waals surface area contributed by atoms with Crippen molar-refractivity contribution < 1.29 is 9.53 Å². The number of anilines is 1. The Morgan fingerprint density at radius 1 is 1.18 bits per heavy atom. The van der Waals surface area contributed by atoms with E-state index in [0.29, 0.717) is 21.1 Å². The van der Waals surface area contributed by atoms with Crippen molar-refractivity contribution in [2.75, 3.05) is 11.1 Å². The third-order valence-corrected chi connectivity index (χ3v) is 6.82. The Morgan fingerprint density at radius 3 is 2.64 bits per heavy atom. The number of nitrogens with zero attached hydrogens (tertiary/aromatic N) is 4. The predicted octanol–water partition coefficient (Wildman–Crippen LogP) is 5.77. The van der Waals surface area contributed by atoms with Gasteiger partial charge in [0.15, 0.2) is 22.2 Å². The number of nitrogens with one attached hydrogen (secondary N) is 1. The maximum absolute atomic E-state index is 12.4. The van der Waals surface area contributed by atoms with Crippen molar-refractivity contribution in [3.8, 4) is 17.0 Å². The molecule has 170 valence electrons. The lowest BCUT2D eigenvalue weighted by atomic mass is 10.2. The predicted molar refractivity (Wildman–Crippen MR) is 133 cm³/mol. The Balaban J connectivity index is 1.32. The summed E-state index contributed by atoms with van der Waals surface area (Å²) in [6.45, 7) is 3.95. The Bertz CT molecular complexity index is 1240. The van der Waals surface area contributed by atoms with Gasteiger partial charge in [-0.05, 0) is 38.1 Å². The van der Waals surface area contributed by atoms with Crippen molar-refractivity contribution in [2.45, 2.75) is 25.1 Å². The number of thioether (sulfide) groups is 1. The van der Waals surface area contributed by atoms with Crippen molar-refractivity contribution in [1.29, 1.82) is 0 Å². The number of aromatic nitrogens is 4. The minimum absolute atomic E-state index is 0.162. The van der Waals surface area contributed by atoms with E-state index in [2.05, 4.69) is 20.5 Å². The molecule has 0 fully saturated rings. The molecule has 1 amide bonds. The van der Waals surface area contributed by atoms with E-state index in [1.165, 1.54) is 28.7 Å². The van der Waals surface area contributed by atoms with Crippen LogP contribution in [0.25, 0.3) is 11.3 Å². The highest BCUT2D eigenvalue weighted by atomic mass is 35.5.